The Labute approximate surface area is 98.8 Å². The zero-order valence-corrected chi connectivity index (χ0v) is 9.68. The number of carbonyl (C=O) groups is 1. The van der Waals surface area contributed by atoms with Crippen LogP contribution in [0.15, 0.2) is 30.6 Å². The van der Waals surface area contributed by atoms with E-state index in [1.807, 2.05) is 13.0 Å². The van der Waals surface area contributed by atoms with Crippen molar-refractivity contribution in [3.63, 3.8) is 0 Å². The smallest absolute Gasteiger partial charge is 0.338 e. The molecule has 0 radical (unpaired) electrons. The Bertz CT molecular complexity index is 561. The first-order chi connectivity index (χ1) is 8.15. The molecule has 88 valence electrons. The molecular formula is C12H13N3O2. The summed E-state index contributed by atoms with van der Waals surface area (Å²) in [5.41, 5.74) is 2.09. The van der Waals surface area contributed by atoms with Gasteiger partial charge in [-0.25, -0.2) is 9.78 Å². The monoisotopic (exact) mass is 231 g/mol. The minimum absolute atomic E-state index is 0.397. The van der Waals surface area contributed by atoms with Gasteiger partial charge in [0.1, 0.15) is 0 Å². The fourth-order valence-electron chi connectivity index (χ4n) is 1.75. The van der Waals surface area contributed by atoms with Gasteiger partial charge in [-0.1, -0.05) is 12.1 Å². The summed E-state index contributed by atoms with van der Waals surface area (Å²) in [6.07, 6.45) is 3.21. The molecule has 2 rings (SSSR count). The Kier molecular flexibility index (Phi) is 2.82. The van der Waals surface area contributed by atoms with E-state index >= 15 is 0 Å². The number of esters is 1. The minimum Gasteiger partial charge on any atom is -0.465 e. The number of rotatable bonds is 2. The normalized spacial score (nSPS) is 10.2. The van der Waals surface area contributed by atoms with Crippen LogP contribution in [0, 0.1) is 6.92 Å². The van der Waals surface area contributed by atoms with Gasteiger partial charge in [-0.2, -0.15) is 0 Å². The number of nitrogen functional groups attached to an aromatic ring is 1. The molecule has 0 saturated heterocycles. The summed E-state index contributed by atoms with van der Waals surface area (Å²) < 4.78 is 6.14. The molecule has 1 aromatic heterocycles. The Morgan fingerprint density at radius 2 is 2.24 bits per heavy atom. The van der Waals surface area contributed by atoms with Gasteiger partial charge in [0.15, 0.2) is 5.82 Å². The van der Waals surface area contributed by atoms with E-state index in [1.54, 1.807) is 24.5 Å². The van der Waals surface area contributed by atoms with Gasteiger partial charge in [-0.3, -0.25) is 4.68 Å². The minimum atomic E-state index is -0.397. The standard InChI is InChI=1S/C12H13N3O2/c1-8-4-3-5-9(12(16)17-2)10(8)11-14-6-7-15(11)13/h3-7H,13H2,1-2H3. The lowest BCUT2D eigenvalue weighted by molar-refractivity contribution is 0.0601. The number of aryl methyl sites for hydroxylation is 1. The van der Waals surface area contributed by atoms with Crippen molar-refractivity contribution in [3.8, 4) is 11.4 Å². The molecular weight excluding hydrogens is 218 g/mol. The first kappa shape index (κ1) is 11.2. The van der Waals surface area contributed by atoms with Gasteiger partial charge in [0, 0.05) is 18.0 Å². The molecule has 0 amide bonds. The lowest BCUT2D eigenvalue weighted by Gasteiger charge is -2.10. The lowest BCUT2D eigenvalue weighted by Crippen LogP contribution is -2.12. The first-order valence-corrected chi connectivity index (χ1v) is 5.12. The molecule has 0 aliphatic heterocycles. The highest BCUT2D eigenvalue weighted by atomic mass is 16.5. The van der Waals surface area contributed by atoms with Crippen molar-refractivity contribution in [1.29, 1.82) is 0 Å². The van der Waals surface area contributed by atoms with Crippen LogP contribution in [0.1, 0.15) is 15.9 Å². The number of hydrogen-bond acceptors (Lipinski definition) is 4. The van der Waals surface area contributed by atoms with E-state index in [9.17, 15) is 4.79 Å². The SMILES string of the molecule is COC(=O)c1cccc(C)c1-c1nccn1N. The average molecular weight is 231 g/mol. The summed E-state index contributed by atoms with van der Waals surface area (Å²) in [6.45, 7) is 1.90. The second-order valence-electron chi connectivity index (χ2n) is 3.65. The fourth-order valence-corrected chi connectivity index (χ4v) is 1.75. The second-order valence-corrected chi connectivity index (χ2v) is 3.65. The molecule has 2 aromatic rings. The molecule has 5 heteroatoms. The van der Waals surface area contributed by atoms with Crippen LogP contribution in [0.4, 0.5) is 0 Å². The van der Waals surface area contributed by atoms with E-state index in [1.165, 1.54) is 11.8 Å². The molecule has 0 aliphatic carbocycles. The molecule has 0 unspecified atom stereocenters. The maximum atomic E-state index is 11.7. The van der Waals surface area contributed by atoms with Crippen LogP contribution in [0.25, 0.3) is 11.4 Å². The van der Waals surface area contributed by atoms with Crippen molar-refractivity contribution in [2.24, 2.45) is 0 Å². The van der Waals surface area contributed by atoms with E-state index in [-0.39, 0.29) is 0 Å². The maximum absolute atomic E-state index is 11.7. The molecule has 0 aliphatic rings. The predicted octanol–water partition coefficient (Wildman–Crippen LogP) is 1.36. The third-order valence-corrected chi connectivity index (χ3v) is 2.57. The second kappa shape index (κ2) is 4.29. The third-order valence-electron chi connectivity index (χ3n) is 2.57. The van der Waals surface area contributed by atoms with Crippen molar-refractivity contribution in [2.75, 3.05) is 13.0 Å². The zero-order chi connectivity index (χ0) is 12.4. The number of ether oxygens (including phenoxy) is 1. The molecule has 5 nitrogen and oxygen atoms in total. The summed E-state index contributed by atoms with van der Waals surface area (Å²) >= 11 is 0. The largest absolute Gasteiger partial charge is 0.465 e. The third kappa shape index (κ3) is 1.87. The van der Waals surface area contributed by atoms with Gasteiger partial charge in [0.05, 0.1) is 12.7 Å². The van der Waals surface area contributed by atoms with E-state index in [0.717, 1.165) is 5.56 Å². The van der Waals surface area contributed by atoms with Crippen LogP contribution in [-0.4, -0.2) is 22.7 Å². The van der Waals surface area contributed by atoms with Gasteiger partial charge in [0.25, 0.3) is 0 Å². The number of methoxy groups -OCH3 is 1. The number of hydrogen-bond donors (Lipinski definition) is 1. The van der Waals surface area contributed by atoms with Crippen molar-refractivity contribution in [1.82, 2.24) is 9.66 Å². The number of nitrogens with two attached hydrogens (primary N) is 1. The highest BCUT2D eigenvalue weighted by molar-refractivity contribution is 5.97. The van der Waals surface area contributed by atoms with Gasteiger partial charge in [-0.15, -0.1) is 0 Å². The summed E-state index contributed by atoms with van der Waals surface area (Å²) in [7, 11) is 1.35. The number of nitrogens with zero attached hydrogens (tertiary/aromatic N) is 2. The number of benzene rings is 1. The van der Waals surface area contributed by atoms with Gasteiger partial charge < -0.3 is 10.6 Å². The van der Waals surface area contributed by atoms with Crippen molar-refractivity contribution < 1.29 is 9.53 Å². The Morgan fingerprint density at radius 1 is 1.47 bits per heavy atom. The van der Waals surface area contributed by atoms with Crippen molar-refractivity contribution >= 4 is 5.97 Å². The molecule has 2 N–H and O–H groups in total. The van der Waals surface area contributed by atoms with Crippen LogP contribution in [-0.2, 0) is 4.74 Å². The fraction of sp³-hybridized carbons (Fsp3) is 0.167. The topological polar surface area (TPSA) is 70.1 Å². The number of imidazole rings is 1. The van der Waals surface area contributed by atoms with E-state index in [4.69, 9.17) is 10.6 Å². The lowest BCUT2D eigenvalue weighted by atomic mass is 10.0. The van der Waals surface area contributed by atoms with E-state index < -0.39 is 5.97 Å². The highest BCUT2D eigenvalue weighted by Crippen LogP contribution is 2.25. The Morgan fingerprint density at radius 3 is 2.82 bits per heavy atom. The van der Waals surface area contributed by atoms with Gasteiger partial charge in [0.2, 0.25) is 0 Å². The van der Waals surface area contributed by atoms with Crippen LogP contribution in [0.5, 0.6) is 0 Å². The molecule has 1 heterocycles. The van der Waals surface area contributed by atoms with E-state index in [0.29, 0.717) is 17.0 Å². The molecule has 0 spiro atoms. The van der Waals surface area contributed by atoms with Crippen LogP contribution in [0.3, 0.4) is 0 Å². The van der Waals surface area contributed by atoms with Gasteiger partial charge in [-0.05, 0) is 18.6 Å². The molecule has 0 atom stereocenters. The van der Waals surface area contributed by atoms with Crippen LogP contribution < -0.4 is 5.84 Å². The average Bonchev–Trinajstić information content (AvgIpc) is 2.74. The van der Waals surface area contributed by atoms with Crippen LogP contribution in [0.2, 0.25) is 0 Å². The molecule has 0 bridgehead atoms. The first-order valence-electron chi connectivity index (χ1n) is 5.12. The summed E-state index contributed by atoms with van der Waals surface area (Å²) in [6, 6.07) is 5.40. The van der Waals surface area contributed by atoms with Crippen molar-refractivity contribution in [3.05, 3.63) is 41.7 Å². The number of carbonyl (C=O) groups excluding carboxylic acids is 1. The zero-order valence-electron chi connectivity index (χ0n) is 9.68. The van der Waals surface area contributed by atoms with Gasteiger partial charge >= 0.3 is 5.97 Å². The number of aromatic nitrogens is 2. The summed E-state index contributed by atoms with van der Waals surface area (Å²) in [5, 5.41) is 0. The summed E-state index contributed by atoms with van der Waals surface area (Å²) in [5.74, 6) is 5.90. The molecule has 17 heavy (non-hydrogen) atoms. The Balaban J connectivity index is 2.68. The van der Waals surface area contributed by atoms with Crippen LogP contribution >= 0.6 is 0 Å². The Hall–Kier alpha value is -2.30. The molecule has 1 aromatic carbocycles. The van der Waals surface area contributed by atoms with E-state index in [2.05, 4.69) is 4.98 Å². The predicted molar refractivity (Wildman–Crippen MR) is 63.9 cm³/mol. The highest BCUT2D eigenvalue weighted by Gasteiger charge is 2.18. The maximum Gasteiger partial charge on any atom is 0.338 e. The molecule has 0 fully saturated rings. The molecule has 0 saturated carbocycles. The quantitative estimate of drug-likeness (QED) is 0.625. The summed E-state index contributed by atoms with van der Waals surface area (Å²) in [4.78, 5) is 15.8. The van der Waals surface area contributed by atoms with Crippen molar-refractivity contribution in [2.45, 2.75) is 6.92 Å².